The molecule has 90 valence electrons. The fraction of sp³-hybridized carbons (Fsp3) is 0.0714. The Kier molecular flexibility index (Phi) is 4.29. The van der Waals surface area contributed by atoms with Crippen molar-refractivity contribution >= 4 is 27.7 Å². The van der Waals surface area contributed by atoms with Gasteiger partial charge in [-0.1, -0.05) is 15.9 Å². The van der Waals surface area contributed by atoms with Crippen molar-refractivity contribution in [1.82, 2.24) is 0 Å². The number of benzene rings is 2. The van der Waals surface area contributed by atoms with Crippen molar-refractivity contribution in [2.24, 2.45) is 0 Å². The first-order valence-corrected chi connectivity index (χ1v) is 7.25. The van der Waals surface area contributed by atoms with E-state index in [1.165, 1.54) is 4.90 Å². The summed E-state index contributed by atoms with van der Waals surface area (Å²) in [5.74, 6) is 1.41. The van der Waals surface area contributed by atoms with Gasteiger partial charge >= 0.3 is 0 Å². The van der Waals surface area contributed by atoms with Crippen LogP contribution in [0.25, 0.3) is 0 Å². The number of ether oxygens (including phenoxy) is 1. The Hall–Kier alpha value is -1.44. The summed E-state index contributed by atoms with van der Waals surface area (Å²) in [6.45, 7) is 0. The molecule has 0 fully saturated rings. The number of hydrogen-bond acceptors (Lipinski definition) is 3. The van der Waals surface area contributed by atoms with Crippen molar-refractivity contribution < 1.29 is 4.74 Å². The SMILES string of the molecule is CSc1ccc(Oc2cc(Br)cc(C#N)c2)cc1. The van der Waals surface area contributed by atoms with E-state index in [1.54, 1.807) is 23.9 Å². The van der Waals surface area contributed by atoms with E-state index < -0.39 is 0 Å². The normalized spacial score (nSPS) is 9.83. The summed E-state index contributed by atoms with van der Waals surface area (Å²) >= 11 is 5.04. The third kappa shape index (κ3) is 3.28. The highest BCUT2D eigenvalue weighted by molar-refractivity contribution is 9.10. The highest BCUT2D eigenvalue weighted by Crippen LogP contribution is 2.27. The van der Waals surface area contributed by atoms with Crippen LogP contribution in [-0.2, 0) is 0 Å². The van der Waals surface area contributed by atoms with Crippen molar-refractivity contribution in [3.8, 4) is 17.6 Å². The minimum atomic E-state index is 0.570. The molecule has 0 saturated heterocycles. The zero-order valence-electron chi connectivity index (χ0n) is 9.68. The molecule has 18 heavy (non-hydrogen) atoms. The lowest BCUT2D eigenvalue weighted by Crippen LogP contribution is -1.85. The van der Waals surface area contributed by atoms with Crippen molar-refractivity contribution in [3.63, 3.8) is 0 Å². The lowest BCUT2D eigenvalue weighted by Gasteiger charge is -2.07. The van der Waals surface area contributed by atoms with E-state index in [-0.39, 0.29) is 0 Å². The van der Waals surface area contributed by atoms with Gasteiger partial charge in [0, 0.05) is 9.37 Å². The smallest absolute Gasteiger partial charge is 0.129 e. The van der Waals surface area contributed by atoms with Gasteiger partial charge < -0.3 is 4.74 Å². The number of rotatable bonds is 3. The molecule has 0 aliphatic rings. The van der Waals surface area contributed by atoms with Crippen LogP contribution >= 0.6 is 27.7 Å². The van der Waals surface area contributed by atoms with E-state index in [9.17, 15) is 0 Å². The van der Waals surface area contributed by atoms with Crippen LogP contribution in [0.3, 0.4) is 0 Å². The van der Waals surface area contributed by atoms with E-state index in [2.05, 4.69) is 22.0 Å². The number of nitriles is 1. The summed E-state index contributed by atoms with van der Waals surface area (Å²) in [4.78, 5) is 1.19. The minimum Gasteiger partial charge on any atom is -0.457 e. The van der Waals surface area contributed by atoms with Gasteiger partial charge in [0.05, 0.1) is 11.6 Å². The van der Waals surface area contributed by atoms with Gasteiger partial charge in [0.2, 0.25) is 0 Å². The molecular weight excluding hydrogens is 310 g/mol. The molecule has 0 bridgehead atoms. The van der Waals surface area contributed by atoms with Crippen molar-refractivity contribution in [2.45, 2.75) is 4.90 Å². The van der Waals surface area contributed by atoms with Crippen LogP contribution in [0.5, 0.6) is 11.5 Å². The Bertz CT molecular complexity index is 590. The quantitative estimate of drug-likeness (QED) is 0.759. The largest absolute Gasteiger partial charge is 0.457 e. The van der Waals surface area contributed by atoms with Crippen LogP contribution in [0.1, 0.15) is 5.56 Å². The van der Waals surface area contributed by atoms with Gasteiger partial charge in [-0.05, 0) is 48.7 Å². The molecule has 2 aromatic rings. The second kappa shape index (κ2) is 5.94. The molecule has 0 radical (unpaired) electrons. The molecule has 0 amide bonds. The van der Waals surface area contributed by atoms with E-state index >= 15 is 0 Å². The van der Waals surface area contributed by atoms with Crippen LogP contribution in [0, 0.1) is 11.3 Å². The van der Waals surface area contributed by atoms with Gasteiger partial charge in [-0.15, -0.1) is 11.8 Å². The lowest BCUT2D eigenvalue weighted by atomic mass is 10.2. The van der Waals surface area contributed by atoms with E-state index in [0.29, 0.717) is 11.3 Å². The first-order valence-electron chi connectivity index (χ1n) is 5.24. The van der Waals surface area contributed by atoms with Gasteiger partial charge in [0.15, 0.2) is 0 Å². The first-order chi connectivity index (χ1) is 8.71. The molecule has 0 aliphatic heterocycles. The average molecular weight is 320 g/mol. The molecule has 0 heterocycles. The maximum Gasteiger partial charge on any atom is 0.129 e. The molecule has 0 spiro atoms. The Labute approximate surface area is 119 Å². The first kappa shape index (κ1) is 13.0. The molecule has 0 aliphatic carbocycles. The van der Waals surface area contributed by atoms with Crippen LogP contribution in [0.15, 0.2) is 51.8 Å². The van der Waals surface area contributed by atoms with Crippen molar-refractivity contribution in [3.05, 3.63) is 52.5 Å². The van der Waals surface area contributed by atoms with Gasteiger partial charge in [0.1, 0.15) is 11.5 Å². The zero-order valence-corrected chi connectivity index (χ0v) is 12.1. The zero-order chi connectivity index (χ0) is 13.0. The predicted molar refractivity (Wildman–Crippen MR) is 77.2 cm³/mol. The molecule has 2 aromatic carbocycles. The summed E-state index contributed by atoms with van der Waals surface area (Å²) in [6.07, 6.45) is 2.03. The molecule has 2 rings (SSSR count). The molecule has 4 heteroatoms. The minimum absolute atomic E-state index is 0.570. The van der Waals surface area contributed by atoms with Crippen molar-refractivity contribution in [1.29, 1.82) is 5.26 Å². The molecule has 0 unspecified atom stereocenters. The molecular formula is C14H10BrNOS. The lowest BCUT2D eigenvalue weighted by molar-refractivity contribution is 0.482. The fourth-order valence-electron chi connectivity index (χ4n) is 1.47. The molecule has 0 saturated carbocycles. The summed E-state index contributed by atoms with van der Waals surface area (Å²) in [5, 5.41) is 8.89. The molecule has 0 aromatic heterocycles. The Morgan fingerprint density at radius 2 is 1.83 bits per heavy atom. The molecule has 0 atom stereocenters. The third-order valence-electron chi connectivity index (χ3n) is 2.30. The predicted octanol–water partition coefficient (Wildman–Crippen LogP) is 4.83. The number of halogens is 1. The maximum absolute atomic E-state index is 8.89. The fourth-order valence-corrected chi connectivity index (χ4v) is 2.35. The van der Waals surface area contributed by atoms with Gasteiger partial charge in [-0.3, -0.25) is 0 Å². The number of hydrogen-bond donors (Lipinski definition) is 0. The molecule has 2 nitrogen and oxygen atoms in total. The Balaban J connectivity index is 2.22. The summed E-state index contributed by atoms with van der Waals surface area (Å²) < 4.78 is 6.54. The van der Waals surface area contributed by atoms with Gasteiger partial charge in [0.25, 0.3) is 0 Å². The topological polar surface area (TPSA) is 33.0 Å². The Morgan fingerprint density at radius 1 is 1.11 bits per heavy atom. The maximum atomic E-state index is 8.89. The van der Waals surface area contributed by atoms with Crippen LogP contribution in [0.4, 0.5) is 0 Å². The number of thioether (sulfide) groups is 1. The summed E-state index contributed by atoms with van der Waals surface area (Å²) in [5.41, 5.74) is 0.570. The van der Waals surface area contributed by atoms with Crippen LogP contribution < -0.4 is 4.74 Å². The van der Waals surface area contributed by atoms with Crippen LogP contribution in [-0.4, -0.2) is 6.26 Å². The van der Waals surface area contributed by atoms with E-state index in [0.717, 1.165) is 10.2 Å². The van der Waals surface area contributed by atoms with Crippen LogP contribution in [0.2, 0.25) is 0 Å². The Morgan fingerprint density at radius 3 is 2.44 bits per heavy atom. The highest BCUT2D eigenvalue weighted by Gasteiger charge is 2.02. The average Bonchev–Trinajstić information content (AvgIpc) is 2.39. The second-order valence-electron chi connectivity index (χ2n) is 3.57. The number of nitrogens with zero attached hydrogens (tertiary/aromatic N) is 1. The van der Waals surface area contributed by atoms with Crippen molar-refractivity contribution in [2.75, 3.05) is 6.26 Å². The van der Waals surface area contributed by atoms with E-state index in [4.69, 9.17) is 10.00 Å². The third-order valence-corrected chi connectivity index (χ3v) is 3.50. The molecule has 0 N–H and O–H groups in total. The summed E-state index contributed by atoms with van der Waals surface area (Å²) in [7, 11) is 0. The standard InChI is InChI=1S/C14H10BrNOS/c1-18-14-4-2-12(3-5-14)17-13-7-10(9-16)6-11(15)8-13/h2-8H,1H3. The van der Waals surface area contributed by atoms with Gasteiger partial charge in [-0.2, -0.15) is 5.26 Å². The van der Waals surface area contributed by atoms with Gasteiger partial charge in [-0.25, -0.2) is 0 Å². The summed E-state index contributed by atoms with van der Waals surface area (Å²) in [6, 6.07) is 15.2. The monoisotopic (exact) mass is 319 g/mol. The second-order valence-corrected chi connectivity index (χ2v) is 5.36. The van der Waals surface area contributed by atoms with E-state index in [1.807, 2.05) is 36.6 Å². The highest BCUT2D eigenvalue weighted by atomic mass is 79.9.